The van der Waals surface area contributed by atoms with Crippen LogP contribution in [0.15, 0.2) is 41.5 Å². The van der Waals surface area contributed by atoms with Gasteiger partial charge in [-0.3, -0.25) is 9.59 Å². The Hall–Kier alpha value is -2.57. The van der Waals surface area contributed by atoms with Crippen LogP contribution in [0.25, 0.3) is 0 Å². The van der Waals surface area contributed by atoms with E-state index in [0.29, 0.717) is 16.3 Å². The minimum atomic E-state index is -0.480. The maximum Gasteiger partial charge on any atom is 0.271 e. The number of phenolic OH excluding ortho intramolecular Hbond substituents is 1. The van der Waals surface area contributed by atoms with Gasteiger partial charge in [0.1, 0.15) is 5.75 Å². The Morgan fingerprint density at radius 1 is 1.21 bits per heavy atom. The summed E-state index contributed by atoms with van der Waals surface area (Å²) in [5.74, 6) is -0.906. The number of anilines is 1. The Morgan fingerprint density at radius 2 is 1.96 bits per heavy atom. The zero-order valence-electron chi connectivity index (χ0n) is 12.5. The number of halogens is 2. The van der Waals surface area contributed by atoms with Gasteiger partial charge in [-0.2, -0.15) is 5.10 Å². The predicted octanol–water partition coefficient (Wildman–Crippen LogP) is 3.42. The van der Waals surface area contributed by atoms with Gasteiger partial charge in [0.2, 0.25) is 5.91 Å². The first kappa shape index (κ1) is 17.8. The number of rotatable bonds is 4. The lowest BCUT2D eigenvalue weighted by Gasteiger charge is -2.05. The van der Waals surface area contributed by atoms with E-state index in [2.05, 4.69) is 15.8 Å². The topological polar surface area (TPSA) is 90.8 Å². The molecule has 2 amide bonds. The molecular formula is C16H13Cl2N3O3. The van der Waals surface area contributed by atoms with Crippen molar-refractivity contribution in [2.45, 2.75) is 6.92 Å². The number of hydrogen-bond donors (Lipinski definition) is 3. The molecule has 0 aliphatic heterocycles. The van der Waals surface area contributed by atoms with Crippen molar-refractivity contribution in [2.24, 2.45) is 5.10 Å². The van der Waals surface area contributed by atoms with Crippen molar-refractivity contribution in [1.82, 2.24) is 5.43 Å². The van der Waals surface area contributed by atoms with E-state index in [-0.39, 0.29) is 22.2 Å². The fraction of sp³-hybridized carbons (Fsp3) is 0.0625. The molecule has 2 rings (SSSR count). The minimum absolute atomic E-state index is 0.0817. The number of amides is 2. The number of nitrogens with one attached hydrogen (secondary N) is 2. The quantitative estimate of drug-likeness (QED) is 0.572. The number of phenols is 1. The lowest BCUT2D eigenvalue weighted by Crippen LogP contribution is -2.18. The van der Waals surface area contributed by atoms with Crippen LogP contribution in [0, 0.1) is 0 Å². The van der Waals surface area contributed by atoms with E-state index in [1.54, 1.807) is 18.2 Å². The number of carbonyl (C=O) groups is 2. The van der Waals surface area contributed by atoms with Gasteiger partial charge in [0.15, 0.2) is 0 Å². The van der Waals surface area contributed by atoms with E-state index < -0.39 is 5.91 Å². The first-order valence-corrected chi connectivity index (χ1v) is 7.51. The molecule has 0 saturated carbocycles. The van der Waals surface area contributed by atoms with Crippen molar-refractivity contribution in [3.63, 3.8) is 0 Å². The Balaban J connectivity index is 2.09. The van der Waals surface area contributed by atoms with Crippen LogP contribution in [0.4, 0.5) is 5.69 Å². The van der Waals surface area contributed by atoms with E-state index >= 15 is 0 Å². The lowest BCUT2D eigenvalue weighted by molar-refractivity contribution is -0.114. The maximum absolute atomic E-state index is 12.0. The first-order chi connectivity index (χ1) is 11.4. The van der Waals surface area contributed by atoms with Gasteiger partial charge in [-0.1, -0.05) is 29.3 Å². The highest BCUT2D eigenvalue weighted by Gasteiger charge is 2.08. The van der Waals surface area contributed by atoms with E-state index in [1.807, 2.05) is 0 Å². The lowest BCUT2D eigenvalue weighted by atomic mass is 10.2. The molecule has 2 aromatic carbocycles. The second-order valence-electron chi connectivity index (χ2n) is 4.79. The van der Waals surface area contributed by atoms with Crippen LogP contribution < -0.4 is 10.7 Å². The van der Waals surface area contributed by atoms with E-state index in [1.165, 1.54) is 31.3 Å². The third-order valence-electron chi connectivity index (χ3n) is 2.87. The molecule has 0 aliphatic rings. The van der Waals surface area contributed by atoms with Crippen LogP contribution in [0.2, 0.25) is 10.0 Å². The molecule has 0 unspecified atom stereocenters. The molecule has 2 aromatic rings. The normalized spacial score (nSPS) is 10.6. The Labute approximate surface area is 148 Å². The molecule has 3 N–H and O–H groups in total. The molecule has 0 heterocycles. The summed E-state index contributed by atoms with van der Waals surface area (Å²) in [6, 6.07) is 9.22. The van der Waals surface area contributed by atoms with Gasteiger partial charge in [0.05, 0.1) is 11.2 Å². The highest BCUT2D eigenvalue weighted by Crippen LogP contribution is 2.29. The first-order valence-electron chi connectivity index (χ1n) is 6.76. The zero-order valence-corrected chi connectivity index (χ0v) is 14.0. The van der Waals surface area contributed by atoms with Gasteiger partial charge >= 0.3 is 0 Å². The molecule has 6 nitrogen and oxygen atoms in total. The van der Waals surface area contributed by atoms with Crippen molar-refractivity contribution in [3.8, 4) is 5.75 Å². The number of hydrogen-bond acceptors (Lipinski definition) is 4. The molecule has 0 aromatic heterocycles. The summed E-state index contributed by atoms with van der Waals surface area (Å²) in [6.45, 7) is 1.37. The SMILES string of the molecule is CC(=O)Nc1cccc(C(=O)N/N=C\c2cc(Cl)cc(Cl)c2O)c1. The molecule has 0 radical (unpaired) electrons. The number of nitrogens with zero attached hydrogens (tertiary/aromatic N) is 1. The van der Waals surface area contributed by atoms with Crippen molar-refractivity contribution < 1.29 is 14.7 Å². The molecule has 0 saturated heterocycles. The maximum atomic E-state index is 12.0. The Bertz CT molecular complexity index is 822. The van der Waals surface area contributed by atoms with Crippen molar-refractivity contribution >= 4 is 46.9 Å². The van der Waals surface area contributed by atoms with Crippen LogP contribution in [-0.2, 0) is 4.79 Å². The van der Waals surface area contributed by atoms with Crippen LogP contribution >= 0.6 is 23.2 Å². The van der Waals surface area contributed by atoms with Gasteiger partial charge in [0, 0.05) is 28.8 Å². The number of hydrazone groups is 1. The monoisotopic (exact) mass is 365 g/mol. The largest absolute Gasteiger partial charge is 0.506 e. The summed E-state index contributed by atoms with van der Waals surface area (Å²) in [6.07, 6.45) is 1.22. The van der Waals surface area contributed by atoms with Crippen molar-refractivity contribution in [3.05, 3.63) is 57.6 Å². The average molecular weight is 366 g/mol. The van der Waals surface area contributed by atoms with Crippen molar-refractivity contribution in [1.29, 1.82) is 0 Å². The summed E-state index contributed by atoms with van der Waals surface area (Å²) in [5.41, 5.74) is 3.39. The third-order valence-corrected chi connectivity index (χ3v) is 3.38. The Kier molecular flexibility index (Phi) is 5.78. The summed E-state index contributed by atoms with van der Waals surface area (Å²) in [4.78, 5) is 23.1. The molecule has 124 valence electrons. The standard InChI is InChI=1S/C16H13Cl2N3O3/c1-9(22)20-13-4-2-3-10(6-13)16(24)21-19-8-11-5-12(17)7-14(18)15(11)23/h2-8,23H,1H3,(H,20,22)(H,21,24)/b19-8-. The molecule has 24 heavy (non-hydrogen) atoms. The summed E-state index contributed by atoms with van der Waals surface area (Å²) < 4.78 is 0. The van der Waals surface area contributed by atoms with Gasteiger partial charge in [-0.05, 0) is 30.3 Å². The number of benzene rings is 2. The fourth-order valence-corrected chi connectivity index (χ4v) is 2.36. The molecule has 0 bridgehead atoms. The van der Waals surface area contributed by atoms with Gasteiger partial charge in [-0.15, -0.1) is 0 Å². The molecule has 0 spiro atoms. The smallest absolute Gasteiger partial charge is 0.271 e. The van der Waals surface area contributed by atoms with E-state index in [0.717, 1.165) is 0 Å². The van der Waals surface area contributed by atoms with Gasteiger partial charge in [0.25, 0.3) is 5.91 Å². The molecule has 0 fully saturated rings. The van der Waals surface area contributed by atoms with Crippen molar-refractivity contribution in [2.75, 3.05) is 5.32 Å². The molecular weight excluding hydrogens is 353 g/mol. The molecule has 8 heteroatoms. The molecule has 0 atom stereocenters. The highest BCUT2D eigenvalue weighted by molar-refractivity contribution is 6.36. The predicted molar refractivity (Wildman–Crippen MR) is 93.9 cm³/mol. The third kappa shape index (κ3) is 4.71. The second-order valence-corrected chi connectivity index (χ2v) is 5.63. The summed E-state index contributed by atoms with van der Waals surface area (Å²) in [5, 5.41) is 16.5. The molecule has 0 aliphatic carbocycles. The highest BCUT2D eigenvalue weighted by atomic mass is 35.5. The number of carbonyl (C=O) groups excluding carboxylic acids is 2. The number of aromatic hydroxyl groups is 1. The van der Waals surface area contributed by atoms with E-state index in [9.17, 15) is 14.7 Å². The zero-order chi connectivity index (χ0) is 17.7. The fourth-order valence-electron chi connectivity index (χ4n) is 1.85. The van der Waals surface area contributed by atoms with Crippen LogP contribution in [0.5, 0.6) is 5.75 Å². The average Bonchev–Trinajstić information content (AvgIpc) is 2.51. The van der Waals surface area contributed by atoms with Crippen LogP contribution in [0.1, 0.15) is 22.8 Å². The second kappa shape index (κ2) is 7.81. The summed E-state index contributed by atoms with van der Waals surface area (Å²) in [7, 11) is 0. The summed E-state index contributed by atoms with van der Waals surface area (Å²) >= 11 is 11.6. The van der Waals surface area contributed by atoms with Crippen LogP contribution in [-0.4, -0.2) is 23.1 Å². The van der Waals surface area contributed by atoms with Gasteiger partial charge in [-0.25, -0.2) is 5.43 Å². The Morgan fingerprint density at radius 3 is 2.67 bits per heavy atom. The minimum Gasteiger partial charge on any atom is -0.506 e. The van der Waals surface area contributed by atoms with E-state index in [4.69, 9.17) is 23.2 Å². The van der Waals surface area contributed by atoms with Gasteiger partial charge < -0.3 is 10.4 Å². The van der Waals surface area contributed by atoms with Crippen LogP contribution in [0.3, 0.4) is 0 Å².